The minimum atomic E-state index is -0.236. The van der Waals surface area contributed by atoms with Crippen LogP contribution in [0.4, 0.5) is 0 Å². The number of alkyl halides is 1. The normalized spacial score (nSPS) is 10.1. The van der Waals surface area contributed by atoms with Crippen LogP contribution >= 0.6 is 27.5 Å². The van der Waals surface area contributed by atoms with Gasteiger partial charge >= 0.3 is 0 Å². The predicted octanol–water partition coefficient (Wildman–Crippen LogP) is 2.47. The molecule has 0 saturated carbocycles. The van der Waals surface area contributed by atoms with Crippen LogP contribution in [0.25, 0.3) is 0 Å². The lowest BCUT2D eigenvalue weighted by Gasteiger charge is -2.16. The molecule has 0 fully saturated rings. The molecule has 1 aromatic rings. The highest BCUT2D eigenvalue weighted by Gasteiger charge is 2.15. The molecule has 1 amide bonds. The Morgan fingerprint density at radius 1 is 1.60 bits per heavy atom. The zero-order valence-corrected chi connectivity index (χ0v) is 10.5. The van der Waals surface area contributed by atoms with Gasteiger partial charge in [0.15, 0.2) is 0 Å². The molecule has 82 valence electrons. The van der Waals surface area contributed by atoms with Gasteiger partial charge in [0.05, 0.1) is 5.56 Å². The number of halogens is 2. The van der Waals surface area contributed by atoms with Crippen LogP contribution < -0.4 is 0 Å². The number of carbonyl (C=O) groups is 1. The van der Waals surface area contributed by atoms with Crippen LogP contribution in [0.3, 0.4) is 0 Å². The summed E-state index contributed by atoms with van der Waals surface area (Å²) < 4.78 is 0.733. The summed E-state index contributed by atoms with van der Waals surface area (Å²) in [5, 5.41) is 9.57. The van der Waals surface area contributed by atoms with Crippen molar-refractivity contribution in [2.75, 3.05) is 19.5 Å². The lowest BCUT2D eigenvalue weighted by atomic mass is 10.2. The van der Waals surface area contributed by atoms with Gasteiger partial charge in [-0.1, -0.05) is 15.9 Å². The number of amides is 1. The maximum absolute atomic E-state index is 11.8. The number of hydrogen-bond acceptors (Lipinski definition) is 2. The SMILES string of the molecule is CN(CCCl)C(=O)c1ccc(Br)cc1O. The molecule has 0 spiro atoms. The van der Waals surface area contributed by atoms with E-state index in [1.54, 1.807) is 19.2 Å². The quantitative estimate of drug-likeness (QED) is 0.870. The molecule has 0 aliphatic carbocycles. The summed E-state index contributed by atoms with van der Waals surface area (Å²) in [6.07, 6.45) is 0. The Labute approximate surface area is 102 Å². The first-order valence-corrected chi connectivity index (χ1v) is 5.69. The number of aromatic hydroxyl groups is 1. The third kappa shape index (κ3) is 3.11. The molecule has 0 bridgehead atoms. The summed E-state index contributed by atoms with van der Waals surface area (Å²) in [5.41, 5.74) is 0.283. The first kappa shape index (κ1) is 12.3. The maximum Gasteiger partial charge on any atom is 0.257 e. The van der Waals surface area contributed by atoms with Gasteiger partial charge in [-0.05, 0) is 18.2 Å². The van der Waals surface area contributed by atoms with Gasteiger partial charge in [0.2, 0.25) is 0 Å². The minimum absolute atomic E-state index is 0.0317. The largest absolute Gasteiger partial charge is 0.507 e. The molecule has 0 aromatic heterocycles. The average Bonchev–Trinajstić information content (AvgIpc) is 2.17. The van der Waals surface area contributed by atoms with Crippen molar-refractivity contribution in [2.45, 2.75) is 0 Å². The molecule has 0 heterocycles. The van der Waals surface area contributed by atoms with E-state index in [1.807, 2.05) is 0 Å². The van der Waals surface area contributed by atoms with Gasteiger partial charge < -0.3 is 10.0 Å². The molecule has 0 atom stereocenters. The van der Waals surface area contributed by atoms with Gasteiger partial charge in [-0.3, -0.25) is 4.79 Å². The fourth-order valence-electron chi connectivity index (χ4n) is 1.12. The summed E-state index contributed by atoms with van der Waals surface area (Å²) in [5.74, 6) is 0.107. The van der Waals surface area contributed by atoms with Gasteiger partial charge in [0, 0.05) is 23.9 Å². The van der Waals surface area contributed by atoms with Crippen LogP contribution in [0, 0.1) is 0 Å². The summed E-state index contributed by atoms with van der Waals surface area (Å²) in [7, 11) is 1.65. The zero-order valence-electron chi connectivity index (χ0n) is 8.20. The molecular formula is C10H11BrClNO2. The fraction of sp³-hybridized carbons (Fsp3) is 0.300. The topological polar surface area (TPSA) is 40.5 Å². The van der Waals surface area contributed by atoms with E-state index >= 15 is 0 Å². The van der Waals surface area contributed by atoms with Crippen LogP contribution in [-0.4, -0.2) is 35.4 Å². The molecule has 0 aliphatic heterocycles. The number of rotatable bonds is 3. The number of phenolic OH excluding ortho intramolecular Hbond substituents is 1. The Morgan fingerprint density at radius 3 is 2.80 bits per heavy atom. The molecule has 3 nitrogen and oxygen atoms in total. The number of benzene rings is 1. The maximum atomic E-state index is 11.8. The molecule has 0 aliphatic rings. The molecule has 0 unspecified atom stereocenters. The monoisotopic (exact) mass is 291 g/mol. The zero-order chi connectivity index (χ0) is 11.4. The highest BCUT2D eigenvalue weighted by Crippen LogP contribution is 2.23. The van der Waals surface area contributed by atoms with Crippen molar-refractivity contribution in [2.24, 2.45) is 0 Å². The van der Waals surface area contributed by atoms with Crippen molar-refractivity contribution >= 4 is 33.4 Å². The second kappa shape index (κ2) is 5.37. The molecular weight excluding hydrogens is 281 g/mol. The first-order valence-electron chi connectivity index (χ1n) is 4.36. The summed E-state index contributed by atoms with van der Waals surface area (Å²) in [4.78, 5) is 13.2. The molecule has 0 radical (unpaired) electrons. The highest BCUT2D eigenvalue weighted by molar-refractivity contribution is 9.10. The number of hydrogen-bond donors (Lipinski definition) is 1. The van der Waals surface area contributed by atoms with Crippen molar-refractivity contribution in [1.29, 1.82) is 0 Å². The third-order valence-corrected chi connectivity index (χ3v) is 2.62. The summed E-state index contributed by atoms with van der Waals surface area (Å²) >= 11 is 8.74. The Bertz CT molecular complexity index is 370. The van der Waals surface area contributed by atoms with Crippen LogP contribution in [0.5, 0.6) is 5.75 Å². The Hall–Kier alpha value is -0.740. The lowest BCUT2D eigenvalue weighted by Crippen LogP contribution is -2.28. The van der Waals surface area contributed by atoms with Crippen LogP contribution in [0.1, 0.15) is 10.4 Å². The van der Waals surface area contributed by atoms with Gasteiger partial charge in [-0.25, -0.2) is 0 Å². The minimum Gasteiger partial charge on any atom is -0.507 e. The van der Waals surface area contributed by atoms with E-state index in [0.29, 0.717) is 12.4 Å². The van der Waals surface area contributed by atoms with Crippen molar-refractivity contribution in [3.8, 4) is 5.75 Å². The van der Waals surface area contributed by atoms with Gasteiger partial charge in [-0.2, -0.15) is 0 Å². The smallest absolute Gasteiger partial charge is 0.257 e. The van der Waals surface area contributed by atoms with E-state index < -0.39 is 0 Å². The van der Waals surface area contributed by atoms with Crippen LogP contribution in [-0.2, 0) is 0 Å². The second-order valence-electron chi connectivity index (χ2n) is 3.08. The van der Waals surface area contributed by atoms with Crippen molar-refractivity contribution in [1.82, 2.24) is 4.90 Å². The van der Waals surface area contributed by atoms with E-state index in [-0.39, 0.29) is 17.2 Å². The van der Waals surface area contributed by atoms with Crippen molar-refractivity contribution in [3.63, 3.8) is 0 Å². The highest BCUT2D eigenvalue weighted by atomic mass is 79.9. The molecule has 1 N–H and O–H groups in total. The summed E-state index contributed by atoms with van der Waals surface area (Å²) in [6, 6.07) is 4.77. The number of phenols is 1. The third-order valence-electron chi connectivity index (χ3n) is 1.96. The Kier molecular flexibility index (Phi) is 4.42. The fourth-order valence-corrected chi connectivity index (χ4v) is 1.72. The van der Waals surface area contributed by atoms with E-state index in [0.717, 1.165) is 4.47 Å². The van der Waals surface area contributed by atoms with Crippen LogP contribution in [0.15, 0.2) is 22.7 Å². The summed E-state index contributed by atoms with van der Waals surface area (Å²) in [6.45, 7) is 0.454. The van der Waals surface area contributed by atoms with E-state index in [9.17, 15) is 9.90 Å². The van der Waals surface area contributed by atoms with Gasteiger partial charge in [-0.15, -0.1) is 11.6 Å². The molecule has 1 rings (SSSR count). The lowest BCUT2D eigenvalue weighted by molar-refractivity contribution is 0.0800. The van der Waals surface area contributed by atoms with Crippen molar-refractivity contribution < 1.29 is 9.90 Å². The number of carbonyl (C=O) groups excluding carboxylic acids is 1. The van der Waals surface area contributed by atoms with Crippen molar-refractivity contribution in [3.05, 3.63) is 28.2 Å². The van der Waals surface area contributed by atoms with Gasteiger partial charge in [0.25, 0.3) is 5.91 Å². The molecule has 5 heteroatoms. The molecule has 0 saturated heterocycles. The molecule has 15 heavy (non-hydrogen) atoms. The second-order valence-corrected chi connectivity index (χ2v) is 4.37. The average molecular weight is 293 g/mol. The number of nitrogens with zero attached hydrogens (tertiary/aromatic N) is 1. The Morgan fingerprint density at radius 2 is 2.27 bits per heavy atom. The standard InChI is InChI=1S/C10H11BrClNO2/c1-13(5-4-12)10(15)8-3-2-7(11)6-9(8)14/h2-3,6,14H,4-5H2,1H3. The van der Waals surface area contributed by atoms with E-state index in [2.05, 4.69) is 15.9 Å². The first-order chi connectivity index (χ1) is 7.06. The van der Waals surface area contributed by atoms with E-state index in [1.165, 1.54) is 11.0 Å². The van der Waals surface area contributed by atoms with Gasteiger partial charge in [0.1, 0.15) is 5.75 Å². The van der Waals surface area contributed by atoms with Crippen LogP contribution in [0.2, 0.25) is 0 Å². The predicted molar refractivity (Wildman–Crippen MR) is 63.5 cm³/mol. The Balaban J connectivity index is 2.91. The van der Waals surface area contributed by atoms with E-state index in [4.69, 9.17) is 11.6 Å². The molecule has 1 aromatic carbocycles.